The predicted octanol–water partition coefficient (Wildman–Crippen LogP) is 4.90. The molecule has 0 aliphatic rings. The Hall–Kier alpha value is -3.33. The summed E-state index contributed by atoms with van der Waals surface area (Å²) in [5, 5.41) is 11.7. The van der Waals surface area contributed by atoms with Crippen molar-refractivity contribution in [2.75, 3.05) is 16.8 Å². The van der Waals surface area contributed by atoms with Gasteiger partial charge in [-0.15, -0.1) is 0 Å². The smallest absolute Gasteiger partial charge is 0.410 e. The first kappa shape index (κ1) is 21.0. The van der Waals surface area contributed by atoms with Crippen LogP contribution in [0.15, 0.2) is 48.5 Å². The molecule has 6 nitrogen and oxygen atoms in total. The number of aryl methyl sites for hydroxylation is 1. The van der Waals surface area contributed by atoms with Gasteiger partial charge in [-0.05, 0) is 36.8 Å². The summed E-state index contributed by atoms with van der Waals surface area (Å²) in [4.78, 5) is 26.3. The molecule has 0 saturated carbocycles. The molecular formula is C22H25N3O3. The Morgan fingerprint density at radius 2 is 1.86 bits per heavy atom. The van der Waals surface area contributed by atoms with Gasteiger partial charge in [0, 0.05) is 29.4 Å². The van der Waals surface area contributed by atoms with Gasteiger partial charge in [0.05, 0.1) is 12.5 Å². The van der Waals surface area contributed by atoms with Crippen LogP contribution in [0.2, 0.25) is 0 Å². The summed E-state index contributed by atoms with van der Waals surface area (Å²) >= 11 is 0. The van der Waals surface area contributed by atoms with Crippen LogP contribution in [0.3, 0.4) is 0 Å². The van der Waals surface area contributed by atoms with Crippen molar-refractivity contribution < 1.29 is 14.3 Å². The number of nitrogens with one attached hydrogen (secondary N) is 1. The molecule has 2 aromatic carbocycles. The fourth-order valence-corrected chi connectivity index (χ4v) is 2.40. The van der Waals surface area contributed by atoms with Crippen molar-refractivity contribution in [2.45, 2.75) is 34.1 Å². The molecule has 0 bridgehead atoms. The lowest BCUT2D eigenvalue weighted by atomic mass is 9.95. The number of amides is 2. The first-order valence-corrected chi connectivity index (χ1v) is 9.05. The van der Waals surface area contributed by atoms with Crippen LogP contribution in [0, 0.1) is 23.7 Å². The molecule has 0 spiro atoms. The fraction of sp³-hybridized carbons (Fsp3) is 0.318. The second kappa shape index (κ2) is 9.05. The van der Waals surface area contributed by atoms with Crippen molar-refractivity contribution in [3.63, 3.8) is 0 Å². The Balaban J connectivity index is 2.18. The summed E-state index contributed by atoms with van der Waals surface area (Å²) in [5.74, 6) is 0.178. The first-order valence-electron chi connectivity index (χ1n) is 9.05. The van der Waals surface area contributed by atoms with E-state index in [9.17, 15) is 9.59 Å². The van der Waals surface area contributed by atoms with Crippen LogP contribution >= 0.6 is 0 Å². The van der Waals surface area contributed by atoms with Gasteiger partial charge in [0.15, 0.2) is 0 Å². The Morgan fingerprint density at radius 1 is 1.14 bits per heavy atom. The Morgan fingerprint density at radius 3 is 2.50 bits per heavy atom. The van der Waals surface area contributed by atoms with Crippen molar-refractivity contribution in [3.8, 4) is 11.8 Å². The van der Waals surface area contributed by atoms with Crippen molar-refractivity contribution in [3.05, 3.63) is 54.1 Å². The van der Waals surface area contributed by atoms with Gasteiger partial charge in [-0.25, -0.2) is 4.79 Å². The average molecular weight is 379 g/mol. The monoisotopic (exact) mass is 379 g/mol. The van der Waals surface area contributed by atoms with E-state index in [1.165, 1.54) is 4.90 Å². The SMILES string of the molecule is Cc1cccc(N(CCC#N)C(=O)Oc2cccc(NC(=O)C(C)(C)C)c2)c1. The maximum Gasteiger partial charge on any atom is 0.419 e. The predicted molar refractivity (Wildman–Crippen MR) is 109 cm³/mol. The molecule has 0 aliphatic heterocycles. The number of rotatable bonds is 5. The molecule has 0 unspecified atom stereocenters. The van der Waals surface area contributed by atoms with Crippen LogP contribution in [0.4, 0.5) is 16.2 Å². The summed E-state index contributed by atoms with van der Waals surface area (Å²) < 4.78 is 5.50. The zero-order valence-electron chi connectivity index (χ0n) is 16.7. The second-order valence-electron chi connectivity index (χ2n) is 7.50. The van der Waals surface area contributed by atoms with E-state index in [0.717, 1.165) is 5.56 Å². The van der Waals surface area contributed by atoms with Crippen LogP contribution in [0.5, 0.6) is 5.75 Å². The van der Waals surface area contributed by atoms with Gasteiger partial charge in [-0.2, -0.15) is 5.26 Å². The third kappa shape index (κ3) is 5.85. The second-order valence-corrected chi connectivity index (χ2v) is 7.50. The maximum absolute atomic E-state index is 12.7. The minimum atomic E-state index is -0.583. The van der Waals surface area contributed by atoms with E-state index in [0.29, 0.717) is 17.1 Å². The van der Waals surface area contributed by atoms with E-state index >= 15 is 0 Å². The number of nitrogens with zero attached hydrogens (tertiary/aromatic N) is 2. The zero-order valence-corrected chi connectivity index (χ0v) is 16.7. The van der Waals surface area contributed by atoms with Crippen LogP contribution in [0.1, 0.15) is 32.8 Å². The van der Waals surface area contributed by atoms with Gasteiger partial charge in [0.1, 0.15) is 5.75 Å². The highest BCUT2D eigenvalue weighted by Gasteiger charge is 2.22. The molecule has 0 atom stereocenters. The zero-order chi connectivity index (χ0) is 20.7. The number of hydrogen-bond acceptors (Lipinski definition) is 4. The van der Waals surface area contributed by atoms with E-state index in [4.69, 9.17) is 10.00 Å². The fourth-order valence-electron chi connectivity index (χ4n) is 2.40. The summed E-state index contributed by atoms with van der Waals surface area (Å²) in [7, 11) is 0. The summed E-state index contributed by atoms with van der Waals surface area (Å²) in [6.45, 7) is 7.61. The third-order valence-corrected chi connectivity index (χ3v) is 3.96. The molecule has 0 heterocycles. The van der Waals surface area contributed by atoms with E-state index in [2.05, 4.69) is 5.32 Å². The van der Waals surface area contributed by atoms with Gasteiger partial charge >= 0.3 is 6.09 Å². The van der Waals surface area contributed by atoms with Gasteiger partial charge in [-0.3, -0.25) is 9.69 Å². The van der Waals surface area contributed by atoms with E-state index in [-0.39, 0.29) is 18.9 Å². The van der Waals surface area contributed by atoms with Crippen molar-refractivity contribution >= 4 is 23.4 Å². The standard InChI is InChI=1S/C22H25N3O3/c1-16-8-5-10-18(14-16)25(13-7-12-23)21(27)28-19-11-6-9-17(15-19)24-20(26)22(2,3)4/h5-6,8-11,14-15H,7,13H2,1-4H3,(H,24,26). The quantitative estimate of drug-likeness (QED) is 0.801. The molecule has 28 heavy (non-hydrogen) atoms. The van der Waals surface area contributed by atoms with Crippen molar-refractivity contribution in [1.82, 2.24) is 0 Å². The first-order chi connectivity index (χ1) is 13.2. The molecule has 2 aromatic rings. The molecule has 0 saturated heterocycles. The lowest BCUT2D eigenvalue weighted by Crippen LogP contribution is -2.34. The minimum Gasteiger partial charge on any atom is -0.410 e. The summed E-state index contributed by atoms with van der Waals surface area (Å²) in [5.41, 5.74) is 1.67. The van der Waals surface area contributed by atoms with Crippen LogP contribution < -0.4 is 15.0 Å². The molecule has 2 amide bonds. The van der Waals surface area contributed by atoms with Crippen LogP contribution in [-0.2, 0) is 4.79 Å². The number of carbonyl (C=O) groups is 2. The minimum absolute atomic E-state index is 0.133. The third-order valence-electron chi connectivity index (χ3n) is 3.96. The number of carbonyl (C=O) groups excluding carboxylic acids is 2. The van der Waals surface area contributed by atoms with Crippen LogP contribution in [0.25, 0.3) is 0 Å². The highest BCUT2D eigenvalue weighted by Crippen LogP contribution is 2.23. The molecule has 146 valence electrons. The molecule has 0 radical (unpaired) electrons. The molecule has 0 aromatic heterocycles. The van der Waals surface area contributed by atoms with Crippen molar-refractivity contribution in [2.24, 2.45) is 5.41 Å². The van der Waals surface area contributed by atoms with Gasteiger partial charge in [-0.1, -0.05) is 39.0 Å². The van der Waals surface area contributed by atoms with Gasteiger partial charge in [0.25, 0.3) is 0 Å². The normalized spacial score (nSPS) is 10.7. The van der Waals surface area contributed by atoms with E-state index in [1.807, 2.05) is 52.0 Å². The lowest BCUT2D eigenvalue weighted by molar-refractivity contribution is -0.123. The Labute approximate surface area is 165 Å². The average Bonchev–Trinajstić information content (AvgIpc) is 2.61. The maximum atomic E-state index is 12.7. The van der Waals surface area contributed by atoms with E-state index < -0.39 is 11.5 Å². The van der Waals surface area contributed by atoms with Crippen molar-refractivity contribution in [1.29, 1.82) is 5.26 Å². The summed E-state index contributed by atoms with van der Waals surface area (Å²) in [6.07, 6.45) is -0.398. The largest absolute Gasteiger partial charge is 0.419 e. The number of ether oxygens (including phenoxy) is 1. The topological polar surface area (TPSA) is 82.4 Å². The molecule has 6 heteroatoms. The highest BCUT2D eigenvalue weighted by atomic mass is 16.6. The Bertz CT molecular complexity index is 894. The molecule has 0 fully saturated rings. The lowest BCUT2D eigenvalue weighted by Gasteiger charge is -2.22. The number of benzene rings is 2. The molecule has 2 rings (SSSR count). The number of anilines is 2. The number of hydrogen-bond donors (Lipinski definition) is 1. The van der Waals surface area contributed by atoms with Gasteiger partial charge < -0.3 is 10.1 Å². The van der Waals surface area contributed by atoms with Gasteiger partial charge in [0.2, 0.25) is 5.91 Å². The van der Waals surface area contributed by atoms with E-state index in [1.54, 1.807) is 30.3 Å². The highest BCUT2D eigenvalue weighted by molar-refractivity contribution is 5.95. The molecule has 1 N–H and O–H groups in total. The number of nitriles is 1. The Kier molecular flexibility index (Phi) is 6.78. The molecule has 0 aliphatic carbocycles. The molecular weight excluding hydrogens is 354 g/mol. The van der Waals surface area contributed by atoms with Crippen LogP contribution in [-0.4, -0.2) is 18.5 Å². The summed E-state index contributed by atoms with van der Waals surface area (Å²) in [6, 6.07) is 16.2.